The summed E-state index contributed by atoms with van der Waals surface area (Å²) in [5.74, 6) is 0.909. The number of ether oxygens (including phenoxy) is 2. The number of benzene rings is 1. The fourth-order valence-corrected chi connectivity index (χ4v) is 2.18. The van der Waals surface area contributed by atoms with E-state index in [1.54, 1.807) is 0 Å². The number of hydrogen-bond donors (Lipinski definition) is 1. The molecule has 1 fully saturated rings. The largest absolute Gasteiger partial charge is 0.491 e. The van der Waals surface area contributed by atoms with Crippen molar-refractivity contribution in [2.75, 3.05) is 31.2 Å². The van der Waals surface area contributed by atoms with Crippen LogP contribution in [-0.4, -0.2) is 38.4 Å². The molecule has 1 aromatic rings. The first-order chi connectivity index (χ1) is 8.70. The SMILES string of the molecule is CC(C)Oc1ccc(N2CCOCC2CN)cc1. The van der Waals surface area contributed by atoms with Crippen LogP contribution in [0.15, 0.2) is 24.3 Å². The molecule has 2 rings (SSSR count). The molecule has 1 aromatic carbocycles. The molecule has 4 nitrogen and oxygen atoms in total. The molecule has 0 saturated carbocycles. The van der Waals surface area contributed by atoms with Gasteiger partial charge in [0.05, 0.1) is 25.4 Å². The van der Waals surface area contributed by atoms with E-state index in [-0.39, 0.29) is 12.1 Å². The van der Waals surface area contributed by atoms with Crippen LogP contribution in [-0.2, 0) is 4.74 Å². The Balaban J connectivity index is 2.07. The zero-order valence-corrected chi connectivity index (χ0v) is 11.1. The number of morpholine rings is 1. The maximum Gasteiger partial charge on any atom is 0.119 e. The smallest absolute Gasteiger partial charge is 0.119 e. The van der Waals surface area contributed by atoms with E-state index in [0.29, 0.717) is 13.2 Å². The van der Waals surface area contributed by atoms with Crippen molar-refractivity contribution in [3.63, 3.8) is 0 Å². The van der Waals surface area contributed by atoms with Crippen LogP contribution in [0.5, 0.6) is 5.75 Å². The second kappa shape index (κ2) is 6.07. The van der Waals surface area contributed by atoms with Gasteiger partial charge in [-0.3, -0.25) is 0 Å². The molecule has 1 unspecified atom stereocenters. The van der Waals surface area contributed by atoms with Crippen molar-refractivity contribution >= 4 is 5.69 Å². The van der Waals surface area contributed by atoms with E-state index in [9.17, 15) is 0 Å². The molecule has 0 amide bonds. The molecule has 0 spiro atoms. The van der Waals surface area contributed by atoms with Gasteiger partial charge in [0, 0.05) is 18.8 Å². The van der Waals surface area contributed by atoms with Gasteiger partial charge in [-0.25, -0.2) is 0 Å². The molecule has 0 radical (unpaired) electrons. The maximum absolute atomic E-state index is 5.78. The van der Waals surface area contributed by atoms with E-state index in [1.165, 1.54) is 5.69 Å². The van der Waals surface area contributed by atoms with Crippen LogP contribution < -0.4 is 15.4 Å². The third-order valence-corrected chi connectivity index (χ3v) is 3.04. The maximum atomic E-state index is 5.78. The molecule has 1 aliphatic rings. The topological polar surface area (TPSA) is 47.7 Å². The van der Waals surface area contributed by atoms with E-state index < -0.39 is 0 Å². The summed E-state index contributed by atoms with van der Waals surface area (Å²) >= 11 is 0. The van der Waals surface area contributed by atoms with Crippen LogP contribution in [0.3, 0.4) is 0 Å². The molecule has 1 heterocycles. The van der Waals surface area contributed by atoms with Crippen molar-refractivity contribution in [3.8, 4) is 5.75 Å². The Kier molecular flexibility index (Phi) is 4.44. The molecule has 1 saturated heterocycles. The molecule has 0 aromatic heterocycles. The Morgan fingerprint density at radius 2 is 2.11 bits per heavy atom. The first kappa shape index (κ1) is 13.2. The first-order valence-electron chi connectivity index (χ1n) is 6.52. The Labute approximate surface area is 109 Å². The van der Waals surface area contributed by atoms with Gasteiger partial charge in [-0.1, -0.05) is 0 Å². The summed E-state index contributed by atoms with van der Waals surface area (Å²) < 4.78 is 11.1. The molecule has 4 heteroatoms. The second-order valence-corrected chi connectivity index (χ2v) is 4.82. The minimum Gasteiger partial charge on any atom is -0.491 e. The first-order valence-corrected chi connectivity index (χ1v) is 6.52. The standard InChI is InChI=1S/C14H22N2O2/c1-11(2)18-14-5-3-12(4-6-14)16-7-8-17-10-13(16)9-15/h3-6,11,13H,7-10,15H2,1-2H3. The molecule has 100 valence electrons. The van der Waals surface area contributed by atoms with Gasteiger partial charge in [-0.15, -0.1) is 0 Å². The minimum absolute atomic E-state index is 0.205. The number of rotatable bonds is 4. The van der Waals surface area contributed by atoms with Crippen molar-refractivity contribution < 1.29 is 9.47 Å². The summed E-state index contributed by atoms with van der Waals surface area (Å²) in [4.78, 5) is 2.31. The normalized spacial score (nSPS) is 20.2. The molecular formula is C14H22N2O2. The summed E-state index contributed by atoms with van der Waals surface area (Å²) in [6.07, 6.45) is 0.205. The summed E-state index contributed by atoms with van der Waals surface area (Å²) in [7, 11) is 0. The van der Waals surface area contributed by atoms with E-state index in [0.717, 1.165) is 18.9 Å². The second-order valence-electron chi connectivity index (χ2n) is 4.82. The lowest BCUT2D eigenvalue weighted by Gasteiger charge is -2.36. The highest BCUT2D eigenvalue weighted by molar-refractivity contribution is 5.50. The average molecular weight is 250 g/mol. The zero-order valence-electron chi connectivity index (χ0n) is 11.1. The predicted octanol–water partition coefficient (Wildman–Crippen LogP) is 1.64. The van der Waals surface area contributed by atoms with Gasteiger partial charge in [0.25, 0.3) is 0 Å². The Morgan fingerprint density at radius 3 is 2.72 bits per heavy atom. The third kappa shape index (κ3) is 3.15. The Bertz CT molecular complexity index is 365. The third-order valence-electron chi connectivity index (χ3n) is 3.04. The van der Waals surface area contributed by atoms with Crippen LogP contribution in [0.4, 0.5) is 5.69 Å². The quantitative estimate of drug-likeness (QED) is 0.882. The zero-order chi connectivity index (χ0) is 13.0. The lowest BCUT2D eigenvalue weighted by Crippen LogP contribution is -2.49. The lowest BCUT2D eigenvalue weighted by atomic mass is 10.2. The van der Waals surface area contributed by atoms with Crippen LogP contribution in [0.2, 0.25) is 0 Å². The van der Waals surface area contributed by atoms with Crippen molar-refractivity contribution in [1.82, 2.24) is 0 Å². The van der Waals surface area contributed by atoms with Crippen molar-refractivity contribution in [1.29, 1.82) is 0 Å². The fourth-order valence-electron chi connectivity index (χ4n) is 2.18. The molecule has 1 atom stereocenters. The Hall–Kier alpha value is -1.26. The molecule has 2 N–H and O–H groups in total. The van der Waals surface area contributed by atoms with Gasteiger partial charge in [-0.05, 0) is 38.1 Å². The summed E-state index contributed by atoms with van der Waals surface area (Å²) in [6.45, 7) is 7.04. The van der Waals surface area contributed by atoms with E-state index in [1.807, 2.05) is 26.0 Å². The average Bonchev–Trinajstić information content (AvgIpc) is 2.39. The van der Waals surface area contributed by atoms with Gasteiger partial charge in [0.1, 0.15) is 5.75 Å². The molecular weight excluding hydrogens is 228 g/mol. The monoisotopic (exact) mass is 250 g/mol. The molecule has 1 aliphatic heterocycles. The number of hydrogen-bond acceptors (Lipinski definition) is 4. The van der Waals surface area contributed by atoms with Crippen molar-refractivity contribution in [2.24, 2.45) is 5.73 Å². The summed E-state index contributed by atoms with van der Waals surface area (Å²) in [5.41, 5.74) is 6.97. The van der Waals surface area contributed by atoms with Gasteiger partial charge in [0.2, 0.25) is 0 Å². The fraction of sp³-hybridized carbons (Fsp3) is 0.571. The summed E-state index contributed by atoms with van der Waals surface area (Å²) in [5, 5.41) is 0. The van der Waals surface area contributed by atoms with E-state index in [2.05, 4.69) is 17.0 Å². The highest BCUT2D eigenvalue weighted by Crippen LogP contribution is 2.23. The minimum atomic E-state index is 0.205. The van der Waals surface area contributed by atoms with Gasteiger partial charge < -0.3 is 20.1 Å². The number of nitrogens with two attached hydrogens (primary N) is 1. The van der Waals surface area contributed by atoms with Gasteiger partial charge in [-0.2, -0.15) is 0 Å². The lowest BCUT2D eigenvalue weighted by molar-refractivity contribution is 0.0962. The van der Waals surface area contributed by atoms with Crippen LogP contribution in [0.1, 0.15) is 13.8 Å². The van der Waals surface area contributed by atoms with Gasteiger partial charge in [0.15, 0.2) is 0 Å². The number of nitrogens with zero attached hydrogens (tertiary/aromatic N) is 1. The van der Waals surface area contributed by atoms with Crippen LogP contribution >= 0.6 is 0 Å². The molecule has 0 aliphatic carbocycles. The van der Waals surface area contributed by atoms with Gasteiger partial charge >= 0.3 is 0 Å². The predicted molar refractivity (Wildman–Crippen MR) is 73.2 cm³/mol. The summed E-state index contributed by atoms with van der Waals surface area (Å²) in [6, 6.07) is 8.48. The Morgan fingerprint density at radius 1 is 1.39 bits per heavy atom. The van der Waals surface area contributed by atoms with Crippen molar-refractivity contribution in [2.45, 2.75) is 26.0 Å². The number of anilines is 1. The van der Waals surface area contributed by atoms with Crippen molar-refractivity contribution in [3.05, 3.63) is 24.3 Å². The van der Waals surface area contributed by atoms with Crippen LogP contribution in [0, 0.1) is 0 Å². The molecule has 18 heavy (non-hydrogen) atoms. The van der Waals surface area contributed by atoms with E-state index in [4.69, 9.17) is 15.2 Å². The highest BCUT2D eigenvalue weighted by atomic mass is 16.5. The van der Waals surface area contributed by atoms with E-state index >= 15 is 0 Å². The molecule has 0 bridgehead atoms. The highest BCUT2D eigenvalue weighted by Gasteiger charge is 2.21. The van der Waals surface area contributed by atoms with Crippen LogP contribution in [0.25, 0.3) is 0 Å².